The van der Waals surface area contributed by atoms with Gasteiger partial charge in [-0.15, -0.1) is 0 Å². The second-order valence-corrected chi connectivity index (χ2v) is 7.87. The molecule has 1 aromatic carbocycles. The summed E-state index contributed by atoms with van der Waals surface area (Å²) in [6, 6.07) is 6.59. The van der Waals surface area contributed by atoms with Gasteiger partial charge in [0.15, 0.2) is 0 Å². The van der Waals surface area contributed by atoms with E-state index in [2.05, 4.69) is 13.8 Å². The van der Waals surface area contributed by atoms with Crippen molar-refractivity contribution in [3.05, 3.63) is 35.4 Å². The molecule has 0 aliphatic heterocycles. The van der Waals surface area contributed by atoms with E-state index in [4.69, 9.17) is 18.9 Å². The number of hydrogen-bond acceptors (Lipinski definition) is 6. The molecule has 0 aliphatic carbocycles. The van der Waals surface area contributed by atoms with Crippen molar-refractivity contribution in [3.63, 3.8) is 0 Å². The summed E-state index contributed by atoms with van der Waals surface area (Å²) in [6.07, 6.45) is 11.4. The molecule has 0 saturated carbocycles. The number of ether oxygens (including phenoxy) is 4. The minimum Gasteiger partial charge on any atom is -0.462 e. The van der Waals surface area contributed by atoms with Crippen LogP contribution in [0.3, 0.4) is 0 Å². The lowest BCUT2D eigenvalue weighted by Crippen LogP contribution is -2.17. The summed E-state index contributed by atoms with van der Waals surface area (Å²) in [6.45, 7) is 6.89. The van der Waals surface area contributed by atoms with Crippen LogP contribution in [0.2, 0.25) is 0 Å². The van der Waals surface area contributed by atoms with Crippen LogP contribution in [0.4, 0.5) is 0 Å². The van der Waals surface area contributed by atoms with Gasteiger partial charge in [0.05, 0.1) is 37.6 Å². The van der Waals surface area contributed by atoms with Crippen molar-refractivity contribution in [2.75, 3.05) is 39.6 Å². The molecule has 1 aromatic rings. The second-order valence-electron chi connectivity index (χ2n) is 7.87. The summed E-state index contributed by atoms with van der Waals surface area (Å²) in [5, 5.41) is 0. The molecule has 6 heteroatoms. The molecular weight excluding hydrogens is 408 g/mol. The molecule has 0 saturated heterocycles. The molecule has 182 valence electrons. The molecule has 0 spiro atoms. The molecule has 0 radical (unpaired) electrons. The highest BCUT2D eigenvalue weighted by Gasteiger charge is 2.18. The zero-order chi connectivity index (χ0) is 23.3. The number of carbonyl (C=O) groups is 2. The van der Waals surface area contributed by atoms with Crippen molar-refractivity contribution < 1.29 is 28.5 Å². The van der Waals surface area contributed by atoms with Crippen molar-refractivity contribution in [2.24, 2.45) is 0 Å². The number of unbranched alkanes of at least 4 members (excludes halogenated alkanes) is 8. The second kappa shape index (κ2) is 19.7. The average Bonchev–Trinajstić information content (AvgIpc) is 2.81. The van der Waals surface area contributed by atoms with Crippen molar-refractivity contribution >= 4 is 11.9 Å². The van der Waals surface area contributed by atoms with Gasteiger partial charge in [-0.3, -0.25) is 0 Å². The quantitative estimate of drug-likeness (QED) is 0.180. The van der Waals surface area contributed by atoms with E-state index in [-0.39, 0.29) is 24.3 Å². The summed E-state index contributed by atoms with van der Waals surface area (Å²) in [7, 11) is 0. The third kappa shape index (κ3) is 13.5. The van der Waals surface area contributed by atoms with Crippen LogP contribution < -0.4 is 0 Å². The van der Waals surface area contributed by atoms with E-state index in [1.807, 2.05) is 0 Å². The van der Waals surface area contributed by atoms with E-state index in [1.165, 1.54) is 38.5 Å². The molecule has 0 aromatic heterocycles. The highest BCUT2D eigenvalue weighted by atomic mass is 16.6. The number of carbonyl (C=O) groups excluding carboxylic acids is 2. The lowest BCUT2D eigenvalue weighted by molar-refractivity contribution is 0.0139. The molecule has 0 aliphatic rings. The van der Waals surface area contributed by atoms with E-state index in [9.17, 15) is 9.59 Å². The number of esters is 2. The minimum absolute atomic E-state index is 0.122. The summed E-state index contributed by atoms with van der Waals surface area (Å²) in [4.78, 5) is 24.8. The highest BCUT2D eigenvalue weighted by Crippen LogP contribution is 2.13. The molecule has 0 heterocycles. The summed E-state index contributed by atoms with van der Waals surface area (Å²) >= 11 is 0. The molecule has 0 unspecified atom stereocenters. The van der Waals surface area contributed by atoms with Crippen LogP contribution in [-0.2, 0) is 18.9 Å². The Hall–Kier alpha value is -1.92. The van der Waals surface area contributed by atoms with Gasteiger partial charge in [0.2, 0.25) is 0 Å². The van der Waals surface area contributed by atoms with Crippen LogP contribution in [0.5, 0.6) is 0 Å². The molecule has 6 nitrogen and oxygen atoms in total. The maximum absolute atomic E-state index is 12.4. The van der Waals surface area contributed by atoms with Crippen molar-refractivity contribution in [2.45, 2.75) is 78.1 Å². The van der Waals surface area contributed by atoms with Gasteiger partial charge in [0.1, 0.15) is 6.61 Å². The number of hydrogen-bond donors (Lipinski definition) is 0. The number of rotatable bonds is 20. The van der Waals surface area contributed by atoms with Crippen LogP contribution >= 0.6 is 0 Å². The van der Waals surface area contributed by atoms with E-state index >= 15 is 0 Å². The Kier molecular flexibility index (Phi) is 17.3. The van der Waals surface area contributed by atoms with Gasteiger partial charge in [0, 0.05) is 6.61 Å². The Balaban J connectivity index is 2.22. The maximum Gasteiger partial charge on any atom is 0.339 e. The van der Waals surface area contributed by atoms with Crippen LogP contribution in [-0.4, -0.2) is 51.6 Å². The normalized spacial score (nSPS) is 10.8. The van der Waals surface area contributed by atoms with Gasteiger partial charge in [-0.05, 0) is 25.0 Å². The summed E-state index contributed by atoms with van der Waals surface area (Å²) < 4.78 is 21.5. The van der Waals surface area contributed by atoms with E-state index in [1.54, 1.807) is 24.3 Å². The van der Waals surface area contributed by atoms with E-state index in [0.29, 0.717) is 19.8 Å². The monoisotopic (exact) mass is 450 g/mol. The van der Waals surface area contributed by atoms with Gasteiger partial charge < -0.3 is 18.9 Å². The van der Waals surface area contributed by atoms with Crippen LogP contribution in [0.15, 0.2) is 24.3 Å². The predicted octanol–water partition coefficient (Wildman–Crippen LogP) is 5.97. The maximum atomic E-state index is 12.4. The summed E-state index contributed by atoms with van der Waals surface area (Å²) in [5.74, 6) is -1.04. The molecule has 0 atom stereocenters. The molecule has 32 heavy (non-hydrogen) atoms. The fourth-order valence-corrected chi connectivity index (χ4v) is 3.19. The Morgan fingerprint density at radius 1 is 0.562 bits per heavy atom. The third-order valence-electron chi connectivity index (χ3n) is 5.07. The standard InChI is InChI=1S/C26H42O6/c1-3-5-7-9-10-14-18-31-25(27)23-15-11-12-16-24(23)26(28)32-22-21-30-20-19-29-17-13-8-6-4-2/h11-12,15-16H,3-10,13-14,17-22H2,1-2H3. The summed E-state index contributed by atoms with van der Waals surface area (Å²) in [5.41, 5.74) is 0.455. The molecule has 0 bridgehead atoms. The Morgan fingerprint density at radius 3 is 1.62 bits per heavy atom. The Bertz CT molecular complexity index is 616. The lowest BCUT2D eigenvalue weighted by atomic mass is 10.1. The van der Waals surface area contributed by atoms with Crippen molar-refractivity contribution in [1.82, 2.24) is 0 Å². The first-order valence-electron chi connectivity index (χ1n) is 12.3. The minimum atomic E-state index is -0.548. The highest BCUT2D eigenvalue weighted by molar-refractivity contribution is 6.03. The van der Waals surface area contributed by atoms with Crippen LogP contribution in [0.25, 0.3) is 0 Å². The van der Waals surface area contributed by atoms with Gasteiger partial charge in [-0.1, -0.05) is 77.3 Å². The molecule has 0 N–H and O–H groups in total. The van der Waals surface area contributed by atoms with Gasteiger partial charge in [-0.2, -0.15) is 0 Å². The zero-order valence-electron chi connectivity index (χ0n) is 20.1. The predicted molar refractivity (Wildman–Crippen MR) is 126 cm³/mol. The first kappa shape index (κ1) is 28.1. The fraction of sp³-hybridized carbons (Fsp3) is 0.692. The average molecular weight is 451 g/mol. The third-order valence-corrected chi connectivity index (χ3v) is 5.07. The lowest BCUT2D eigenvalue weighted by Gasteiger charge is -2.10. The molecule has 0 fully saturated rings. The van der Waals surface area contributed by atoms with Gasteiger partial charge in [0.25, 0.3) is 0 Å². The van der Waals surface area contributed by atoms with Crippen LogP contribution in [0, 0.1) is 0 Å². The van der Waals surface area contributed by atoms with Crippen molar-refractivity contribution in [1.29, 1.82) is 0 Å². The smallest absolute Gasteiger partial charge is 0.339 e. The topological polar surface area (TPSA) is 71.1 Å². The van der Waals surface area contributed by atoms with Gasteiger partial charge in [-0.25, -0.2) is 9.59 Å². The largest absolute Gasteiger partial charge is 0.462 e. The fourth-order valence-electron chi connectivity index (χ4n) is 3.19. The van der Waals surface area contributed by atoms with Crippen LogP contribution in [0.1, 0.15) is 98.8 Å². The zero-order valence-corrected chi connectivity index (χ0v) is 20.1. The Morgan fingerprint density at radius 2 is 1.00 bits per heavy atom. The van der Waals surface area contributed by atoms with E-state index in [0.717, 1.165) is 32.3 Å². The SMILES string of the molecule is CCCCCCCCOC(=O)c1ccccc1C(=O)OCCOCCOCCCCCC. The first-order valence-corrected chi connectivity index (χ1v) is 12.3. The molecular formula is C26H42O6. The van der Waals surface area contributed by atoms with Gasteiger partial charge >= 0.3 is 11.9 Å². The Labute approximate surface area is 194 Å². The first-order chi connectivity index (χ1) is 15.7. The van der Waals surface area contributed by atoms with Crippen molar-refractivity contribution in [3.8, 4) is 0 Å². The number of benzene rings is 1. The molecule has 0 amide bonds. The van der Waals surface area contributed by atoms with E-state index < -0.39 is 11.9 Å². The molecule has 1 rings (SSSR count).